The zero-order chi connectivity index (χ0) is 12.1. The van der Waals surface area contributed by atoms with Gasteiger partial charge in [0.25, 0.3) is 0 Å². The third-order valence-corrected chi connectivity index (χ3v) is 3.46. The van der Waals surface area contributed by atoms with Crippen molar-refractivity contribution in [3.05, 3.63) is 52.3 Å². The smallest absolute Gasteiger partial charge is 0.0490 e. The van der Waals surface area contributed by atoms with Crippen LogP contribution in [0.2, 0.25) is 0 Å². The molecule has 0 spiro atoms. The summed E-state index contributed by atoms with van der Waals surface area (Å²) in [5.41, 5.74) is 2.45. The molecule has 4 heteroatoms. The Bertz CT molecular complexity index is 453. The van der Waals surface area contributed by atoms with Crippen molar-refractivity contribution < 1.29 is 0 Å². The highest BCUT2D eigenvalue weighted by atomic mass is 79.9. The molecule has 1 heterocycles. The van der Waals surface area contributed by atoms with E-state index in [0.29, 0.717) is 6.04 Å². The summed E-state index contributed by atoms with van der Waals surface area (Å²) in [5.74, 6) is 0. The highest BCUT2D eigenvalue weighted by molar-refractivity contribution is 9.10. The van der Waals surface area contributed by atoms with E-state index in [4.69, 9.17) is 0 Å². The predicted octanol–water partition coefficient (Wildman–Crippen LogP) is 2.89. The molecule has 0 bridgehead atoms. The molecule has 2 aromatic rings. The molecule has 90 valence electrons. The lowest BCUT2D eigenvalue weighted by molar-refractivity contribution is 0.539. The van der Waals surface area contributed by atoms with Crippen molar-refractivity contribution in [3.8, 4) is 0 Å². The maximum Gasteiger partial charge on any atom is 0.0490 e. The summed E-state index contributed by atoms with van der Waals surface area (Å²) in [6, 6.07) is 10.8. The first-order chi connectivity index (χ1) is 8.25. The predicted molar refractivity (Wildman–Crippen MR) is 72.7 cm³/mol. The number of benzene rings is 1. The van der Waals surface area contributed by atoms with Crippen LogP contribution in [0.25, 0.3) is 0 Å². The van der Waals surface area contributed by atoms with Gasteiger partial charge in [0.05, 0.1) is 0 Å². The molecule has 17 heavy (non-hydrogen) atoms. The van der Waals surface area contributed by atoms with E-state index in [1.807, 2.05) is 12.1 Å². The second-order valence-electron chi connectivity index (χ2n) is 4.16. The molecule has 0 amide bonds. The third-order valence-electron chi connectivity index (χ3n) is 2.68. The average Bonchev–Trinajstić information content (AvgIpc) is 2.82. The topological polar surface area (TPSA) is 40.7 Å². The Morgan fingerprint density at radius 1 is 1.35 bits per heavy atom. The summed E-state index contributed by atoms with van der Waals surface area (Å²) in [6.07, 6.45) is 2.78. The Kier molecular flexibility index (Phi) is 4.34. The van der Waals surface area contributed by atoms with Gasteiger partial charge in [-0.1, -0.05) is 34.1 Å². The van der Waals surface area contributed by atoms with E-state index in [-0.39, 0.29) is 0 Å². The number of nitrogens with one attached hydrogen (secondary N) is 2. The van der Waals surface area contributed by atoms with Crippen LogP contribution in [0.4, 0.5) is 0 Å². The Labute approximate surface area is 110 Å². The van der Waals surface area contributed by atoms with E-state index >= 15 is 0 Å². The van der Waals surface area contributed by atoms with Gasteiger partial charge in [0.1, 0.15) is 0 Å². The normalized spacial score (nSPS) is 12.6. The van der Waals surface area contributed by atoms with Crippen molar-refractivity contribution in [1.29, 1.82) is 0 Å². The van der Waals surface area contributed by atoms with Gasteiger partial charge in [-0.25, -0.2) is 0 Å². The van der Waals surface area contributed by atoms with Gasteiger partial charge >= 0.3 is 0 Å². The van der Waals surface area contributed by atoms with Gasteiger partial charge in [-0.05, 0) is 31.0 Å². The van der Waals surface area contributed by atoms with Crippen LogP contribution in [0, 0.1) is 0 Å². The van der Waals surface area contributed by atoms with Crippen LogP contribution in [0.5, 0.6) is 0 Å². The first kappa shape index (κ1) is 12.3. The van der Waals surface area contributed by atoms with Crippen molar-refractivity contribution in [2.24, 2.45) is 0 Å². The molecule has 1 aromatic heterocycles. The molecule has 0 radical (unpaired) electrons. The quantitative estimate of drug-likeness (QED) is 0.890. The van der Waals surface area contributed by atoms with Crippen LogP contribution in [0.15, 0.2) is 41.0 Å². The molecule has 2 rings (SSSR count). The van der Waals surface area contributed by atoms with E-state index in [2.05, 4.69) is 56.6 Å². The van der Waals surface area contributed by atoms with Crippen LogP contribution < -0.4 is 5.32 Å². The summed E-state index contributed by atoms with van der Waals surface area (Å²) in [7, 11) is 0. The number of halogens is 1. The molecule has 0 aliphatic carbocycles. The van der Waals surface area contributed by atoms with Gasteiger partial charge in [0.2, 0.25) is 0 Å². The lowest BCUT2D eigenvalue weighted by Crippen LogP contribution is -2.27. The van der Waals surface area contributed by atoms with E-state index in [9.17, 15) is 0 Å². The Hall–Kier alpha value is -1.13. The molecule has 2 N–H and O–H groups in total. The zero-order valence-electron chi connectivity index (χ0n) is 9.78. The van der Waals surface area contributed by atoms with E-state index in [0.717, 1.165) is 18.7 Å². The zero-order valence-corrected chi connectivity index (χ0v) is 11.4. The summed E-state index contributed by atoms with van der Waals surface area (Å²) in [6.45, 7) is 3.02. The number of nitrogens with zero attached hydrogens (tertiary/aromatic N) is 1. The first-order valence-corrected chi connectivity index (χ1v) is 6.50. The number of aromatic nitrogens is 2. The molecule has 0 fully saturated rings. The van der Waals surface area contributed by atoms with Crippen LogP contribution >= 0.6 is 15.9 Å². The molecule has 0 aliphatic rings. The van der Waals surface area contributed by atoms with Gasteiger partial charge in [-0.3, -0.25) is 5.10 Å². The second kappa shape index (κ2) is 5.98. The number of H-pyrrole nitrogens is 1. The molecule has 1 aromatic carbocycles. The van der Waals surface area contributed by atoms with Crippen molar-refractivity contribution in [2.45, 2.75) is 25.9 Å². The Balaban J connectivity index is 1.85. The van der Waals surface area contributed by atoms with E-state index in [1.165, 1.54) is 10.0 Å². The number of aromatic amines is 1. The fourth-order valence-electron chi connectivity index (χ4n) is 1.73. The fraction of sp³-hybridized carbons (Fsp3) is 0.308. The standard InChI is InChI=1S/C13H16BrN3/c1-10(15-9-12-6-7-16-17-12)8-11-4-2-3-5-13(11)14/h2-7,10,15H,8-9H2,1H3,(H,16,17)/t10-/m1/s1. The fourth-order valence-corrected chi connectivity index (χ4v) is 2.18. The first-order valence-electron chi connectivity index (χ1n) is 5.71. The number of hydrogen-bond donors (Lipinski definition) is 2. The lowest BCUT2D eigenvalue weighted by atomic mass is 10.1. The van der Waals surface area contributed by atoms with Crippen LogP contribution in [-0.4, -0.2) is 16.2 Å². The molecule has 0 saturated heterocycles. The minimum absolute atomic E-state index is 0.428. The Morgan fingerprint density at radius 3 is 2.88 bits per heavy atom. The van der Waals surface area contributed by atoms with E-state index in [1.54, 1.807) is 6.20 Å². The molecular weight excluding hydrogens is 278 g/mol. The van der Waals surface area contributed by atoms with Gasteiger partial charge in [0, 0.05) is 29.0 Å². The maximum absolute atomic E-state index is 3.93. The molecule has 0 unspecified atom stereocenters. The number of rotatable bonds is 5. The molecule has 0 aliphatic heterocycles. The number of hydrogen-bond acceptors (Lipinski definition) is 2. The Morgan fingerprint density at radius 2 is 2.18 bits per heavy atom. The summed E-state index contributed by atoms with van der Waals surface area (Å²) in [5, 5.41) is 10.3. The van der Waals surface area contributed by atoms with Crippen molar-refractivity contribution in [1.82, 2.24) is 15.5 Å². The summed E-state index contributed by atoms with van der Waals surface area (Å²) in [4.78, 5) is 0. The average molecular weight is 294 g/mol. The highest BCUT2D eigenvalue weighted by Crippen LogP contribution is 2.17. The maximum atomic E-state index is 3.93. The van der Waals surface area contributed by atoms with E-state index < -0.39 is 0 Å². The third kappa shape index (κ3) is 3.68. The highest BCUT2D eigenvalue weighted by Gasteiger charge is 2.06. The van der Waals surface area contributed by atoms with Gasteiger partial charge in [0.15, 0.2) is 0 Å². The monoisotopic (exact) mass is 293 g/mol. The van der Waals surface area contributed by atoms with Crippen molar-refractivity contribution in [2.75, 3.05) is 0 Å². The SMILES string of the molecule is C[C@H](Cc1ccccc1Br)NCc1ccn[nH]1. The lowest BCUT2D eigenvalue weighted by Gasteiger charge is -2.14. The minimum atomic E-state index is 0.428. The van der Waals surface area contributed by atoms with Gasteiger partial charge in [-0.15, -0.1) is 0 Å². The molecule has 3 nitrogen and oxygen atoms in total. The van der Waals surface area contributed by atoms with Crippen LogP contribution in [0.3, 0.4) is 0 Å². The van der Waals surface area contributed by atoms with Gasteiger partial charge < -0.3 is 5.32 Å². The van der Waals surface area contributed by atoms with Gasteiger partial charge in [-0.2, -0.15) is 5.10 Å². The summed E-state index contributed by atoms with van der Waals surface area (Å²) >= 11 is 3.57. The largest absolute Gasteiger partial charge is 0.308 e. The van der Waals surface area contributed by atoms with Crippen molar-refractivity contribution >= 4 is 15.9 Å². The van der Waals surface area contributed by atoms with Crippen LogP contribution in [0.1, 0.15) is 18.2 Å². The molecular formula is C13H16BrN3. The van der Waals surface area contributed by atoms with Crippen molar-refractivity contribution in [3.63, 3.8) is 0 Å². The van der Waals surface area contributed by atoms with Crippen LogP contribution in [-0.2, 0) is 13.0 Å². The molecule has 0 saturated carbocycles. The summed E-state index contributed by atoms with van der Waals surface area (Å²) < 4.78 is 1.18. The molecule has 1 atom stereocenters. The minimum Gasteiger partial charge on any atom is -0.308 e. The second-order valence-corrected chi connectivity index (χ2v) is 5.01.